The highest BCUT2D eigenvalue weighted by molar-refractivity contribution is 7.93. The molecule has 45 heavy (non-hydrogen) atoms. The van der Waals surface area contributed by atoms with Crippen LogP contribution in [0.15, 0.2) is 94.3 Å². The van der Waals surface area contributed by atoms with Crippen molar-refractivity contribution in [3.8, 4) is 11.1 Å². The standard InChI is InChI=1S/C33H36N6O5S/c1-4-44-32(42)39-45(3,43)27-12-8-11-26(19-27)37-31-34-20-28(29(38-31)35-22(2)21-40)23-13-15-25(16-14-23)36-30(41)33(17-18-33)24-9-6-5-7-10-24/h5-16,19-20,22,40H,4,17-18,21H2,1-3H3,(H,36,41)(H2,34,35,37,38)/t22-,45-/m1/s1. The number of aliphatic hydroxyl groups is 1. The number of ether oxygens (including phenoxy) is 1. The fourth-order valence-corrected chi connectivity index (χ4v) is 5.96. The molecule has 2 amide bonds. The molecule has 0 radical (unpaired) electrons. The number of hydrogen-bond acceptors (Lipinski definition) is 9. The Bertz CT molecular complexity index is 1800. The first-order chi connectivity index (χ1) is 21.6. The molecule has 234 valence electrons. The van der Waals surface area contributed by atoms with E-state index in [1.165, 1.54) is 6.26 Å². The van der Waals surface area contributed by atoms with Crippen LogP contribution in [0.5, 0.6) is 0 Å². The Kier molecular flexibility index (Phi) is 9.45. The van der Waals surface area contributed by atoms with Gasteiger partial charge in [-0.2, -0.15) is 4.98 Å². The lowest BCUT2D eigenvalue weighted by Gasteiger charge is -2.18. The smallest absolute Gasteiger partial charge is 0.442 e. The summed E-state index contributed by atoms with van der Waals surface area (Å²) in [6.45, 7) is 3.49. The maximum atomic E-state index is 13.2. The van der Waals surface area contributed by atoms with Gasteiger partial charge in [-0.1, -0.05) is 48.5 Å². The normalized spacial score (nSPS) is 15.2. The molecule has 12 heteroatoms. The Morgan fingerprint density at radius 1 is 1.04 bits per heavy atom. The van der Waals surface area contributed by atoms with Crippen molar-refractivity contribution in [1.29, 1.82) is 0 Å². The van der Waals surface area contributed by atoms with Gasteiger partial charge in [0.25, 0.3) is 0 Å². The quantitative estimate of drug-likeness (QED) is 0.157. The fraction of sp³-hybridized carbons (Fsp3) is 0.273. The molecule has 5 rings (SSSR count). The topological polar surface area (TPSA) is 155 Å². The third kappa shape index (κ3) is 7.47. The fourth-order valence-electron chi connectivity index (χ4n) is 4.84. The van der Waals surface area contributed by atoms with E-state index in [2.05, 4.69) is 30.3 Å². The molecule has 0 unspecified atom stereocenters. The Morgan fingerprint density at radius 3 is 2.44 bits per heavy atom. The van der Waals surface area contributed by atoms with Crippen molar-refractivity contribution in [2.45, 2.75) is 43.0 Å². The lowest BCUT2D eigenvalue weighted by Crippen LogP contribution is -2.27. The van der Waals surface area contributed by atoms with Crippen molar-refractivity contribution in [2.75, 3.05) is 35.4 Å². The van der Waals surface area contributed by atoms with Gasteiger partial charge in [-0.3, -0.25) is 4.79 Å². The zero-order valence-electron chi connectivity index (χ0n) is 25.3. The van der Waals surface area contributed by atoms with Gasteiger partial charge in [-0.05, 0) is 68.1 Å². The number of carbonyl (C=O) groups is 2. The van der Waals surface area contributed by atoms with Gasteiger partial charge in [0, 0.05) is 40.3 Å². The average Bonchev–Trinajstić information content (AvgIpc) is 3.85. The average molecular weight is 629 g/mol. The van der Waals surface area contributed by atoms with E-state index < -0.39 is 21.2 Å². The van der Waals surface area contributed by atoms with Crippen LogP contribution in [0.4, 0.5) is 27.9 Å². The van der Waals surface area contributed by atoms with Crippen molar-refractivity contribution < 1.29 is 23.6 Å². The molecular weight excluding hydrogens is 592 g/mol. The highest BCUT2D eigenvalue weighted by Gasteiger charge is 2.51. The van der Waals surface area contributed by atoms with Crippen LogP contribution in [0.25, 0.3) is 11.1 Å². The zero-order chi connectivity index (χ0) is 32.0. The second-order valence-electron chi connectivity index (χ2n) is 10.9. The van der Waals surface area contributed by atoms with Crippen molar-refractivity contribution in [1.82, 2.24) is 9.97 Å². The first-order valence-electron chi connectivity index (χ1n) is 14.6. The summed E-state index contributed by atoms with van der Waals surface area (Å²) >= 11 is 0. The van der Waals surface area contributed by atoms with Crippen LogP contribution in [-0.4, -0.2) is 56.8 Å². The van der Waals surface area contributed by atoms with E-state index in [-0.39, 0.29) is 31.1 Å². The molecule has 1 heterocycles. The van der Waals surface area contributed by atoms with Crippen LogP contribution < -0.4 is 16.0 Å². The largest absolute Gasteiger partial charge is 0.448 e. The predicted octanol–water partition coefficient (Wildman–Crippen LogP) is 5.96. The molecule has 4 aromatic rings. The summed E-state index contributed by atoms with van der Waals surface area (Å²) in [6.07, 6.45) is 3.79. The molecule has 11 nitrogen and oxygen atoms in total. The Labute approximate surface area is 262 Å². The van der Waals surface area contributed by atoms with Crippen LogP contribution in [0.3, 0.4) is 0 Å². The highest BCUT2D eigenvalue weighted by Crippen LogP contribution is 2.49. The molecule has 3 aromatic carbocycles. The molecule has 0 bridgehead atoms. The van der Waals surface area contributed by atoms with E-state index in [1.807, 2.05) is 61.5 Å². The minimum absolute atomic E-state index is 0.0168. The summed E-state index contributed by atoms with van der Waals surface area (Å²) in [5.41, 5.74) is 3.28. The number of nitrogens with zero attached hydrogens (tertiary/aromatic N) is 3. The van der Waals surface area contributed by atoms with Gasteiger partial charge in [0.05, 0.1) is 28.4 Å². The van der Waals surface area contributed by atoms with Crippen LogP contribution in [0, 0.1) is 0 Å². The van der Waals surface area contributed by atoms with Crippen molar-refractivity contribution in [3.05, 3.63) is 90.6 Å². The lowest BCUT2D eigenvalue weighted by molar-refractivity contribution is -0.118. The summed E-state index contributed by atoms with van der Waals surface area (Å²) in [7, 11) is -3.04. The van der Waals surface area contributed by atoms with Gasteiger partial charge in [-0.15, -0.1) is 4.36 Å². The SMILES string of the molecule is CCOC(=O)N=[S@](C)(=O)c1cccc(Nc2ncc(-c3ccc(NC(=O)C4(c5ccccc5)CC4)cc3)c(N[C@H](C)CO)n2)c1. The van der Waals surface area contributed by atoms with Crippen LogP contribution in [0.1, 0.15) is 32.3 Å². The van der Waals surface area contributed by atoms with Gasteiger partial charge in [-0.25, -0.2) is 14.0 Å². The van der Waals surface area contributed by atoms with Crippen LogP contribution >= 0.6 is 0 Å². The number of amides is 2. The van der Waals surface area contributed by atoms with Crippen molar-refractivity contribution in [3.63, 3.8) is 0 Å². The molecule has 1 saturated carbocycles. The van der Waals surface area contributed by atoms with E-state index in [0.717, 1.165) is 24.0 Å². The predicted molar refractivity (Wildman–Crippen MR) is 175 cm³/mol. The summed E-state index contributed by atoms with van der Waals surface area (Å²) in [4.78, 5) is 34.5. The Morgan fingerprint density at radius 2 is 1.78 bits per heavy atom. The van der Waals surface area contributed by atoms with E-state index in [9.17, 15) is 18.9 Å². The third-order valence-electron chi connectivity index (χ3n) is 7.45. The number of carbonyl (C=O) groups excluding carboxylic acids is 2. The molecule has 0 saturated heterocycles. The van der Waals surface area contributed by atoms with E-state index in [1.54, 1.807) is 37.4 Å². The molecule has 2 atom stereocenters. The van der Waals surface area contributed by atoms with Crippen LogP contribution in [0.2, 0.25) is 0 Å². The first-order valence-corrected chi connectivity index (χ1v) is 16.5. The molecule has 4 N–H and O–H groups in total. The maximum absolute atomic E-state index is 13.2. The minimum atomic E-state index is -3.04. The third-order valence-corrected chi connectivity index (χ3v) is 9.08. The van der Waals surface area contributed by atoms with Crippen LogP contribution in [-0.2, 0) is 24.7 Å². The maximum Gasteiger partial charge on any atom is 0.442 e. The van der Waals surface area contributed by atoms with E-state index in [0.29, 0.717) is 27.7 Å². The second-order valence-corrected chi connectivity index (χ2v) is 13.2. The number of hydrogen-bond donors (Lipinski definition) is 4. The number of benzene rings is 3. The number of nitrogens with one attached hydrogen (secondary N) is 3. The van der Waals surface area contributed by atoms with Gasteiger partial charge >= 0.3 is 6.09 Å². The molecule has 0 aliphatic heterocycles. The lowest BCUT2D eigenvalue weighted by atomic mass is 9.95. The van der Waals surface area contributed by atoms with Gasteiger partial charge in [0.1, 0.15) is 5.82 Å². The molecule has 1 fully saturated rings. The van der Waals surface area contributed by atoms with Gasteiger partial charge in [0.15, 0.2) is 0 Å². The first kappa shape index (κ1) is 31.6. The summed E-state index contributed by atoms with van der Waals surface area (Å²) in [5, 5.41) is 19.1. The number of anilines is 4. The molecule has 1 aliphatic carbocycles. The minimum Gasteiger partial charge on any atom is -0.448 e. The number of rotatable bonds is 11. The number of aliphatic hydroxyl groups excluding tert-OH is 1. The second kappa shape index (κ2) is 13.4. The summed E-state index contributed by atoms with van der Waals surface area (Å²) < 4.78 is 21.6. The monoisotopic (exact) mass is 628 g/mol. The molecule has 1 aliphatic rings. The number of aromatic nitrogens is 2. The molecule has 0 spiro atoms. The summed E-state index contributed by atoms with van der Waals surface area (Å²) in [6, 6.07) is 23.7. The highest BCUT2D eigenvalue weighted by atomic mass is 32.2. The van der Waals surface area contributed by atoms with Gasteiger partial charge in [0.2, 0.25) is 11.9 Å². The van der Waals surface area contributed by atoms with Crippen molar-refractivity contribution >= 4 is 44.9 Å². The Hall–Kier alpha value is -4.81. The van der Waals surface area contributed by atoms with Gasteiger partial charge < -0.3 is 25.8 Å². The molecular formula is C33H36N6O5S. The van der Waals surface area contributed by atoms with E-state index >= 15 is 0 Å². The van der Waals surface area contributed by atoms with E-state index in [4.69, 9.17) is 4.74 Å². The Balaban J connectivity index is 1.36. The van der Waals surface area contributed by atoms with Crippen molar-refractivity contribution in [2.24, 2.45) is 4.36 Å². The summed E-state index contributed by atoms with van der Waals surface area (Å²) in [5.74, 6) is 0.726. The zero-order valence-corrected chi connectivity index (χ0v) is 26.1. The molecule has 1 aromatic heterocycles.